The summed E-state index contributed by atoms with van der Waals surface area (Å²) in [6, 6.07) is 7.39. The number of nitrogens with zero attached hydrogens (tertiary/aromatic N) is 2. The molecule has 3 N–H and O–H groups in total. The topological polar surface area (TPSA) is 65.1 Å². The van der Waals surface area contributed by atoms with Gasteiger partial charge in [0.2, 0.25) is 0 Å². The van der Waals surface area contributed by atoms with E-state index in [4.69, 9.17) is 23.2 Å². The van der Waals surface area contributed by atoms with Crippen molar-refractivity contribution in [2.24, 2.45) is 4.99 Å². The van der Waals surface area contributed by atoms with Crippen LogP contribution >= 0.6 is 47.2 Å². The SMILES string of the molecule is CCNC(=NCc1ccn[nH]1)NC(C)c1ccc(Cl)cc1Cl.I. The van der Waals surface area contributed by atoms with Gasteiger partial charge in [-0.25, -0.2) is 4.99 Å². The Bertz CT molecular complexity index is 631. The molecular weight excluding hydrogens is 448 g/mol. The Morgan fingerprint density at radius 3 is 2.74 bits per heavy atom. The van der Waals surface area contributed by atoms with Gasteiger partial charge in [0.25, 0.3) is 0 Å². The van der Waals surface area contributed by atoms with Gasteiger partial charge in [0.1, 0.15) is 0 Å². The summed E-state index contributed by atoms with van der Waals surface area (Å²) >= 11 is 12.2. The van der Waals surface area contributed by atoms with E-state index in [9.17, 15) is 0 Å². The molecule has 2 rings (SSSR count). The van der Waals surface area contributed by atoms with Crippen molar-refractivity contribution in [3.63, 3.8) is 0 Å². The number of H-pyrrole nitrogens is 1. The van der Waals surface area contributed by atoms with Crippen LogP contribution in [0.1, 0.15) is 31.1 Å². The monoisotopic (exact) mass is 467 g/mol. The number of aromatic amines is 1. The van der Waals surface area contributed by atoms with E-state index >= 15 is 0 Å². The highest BCUT2D eigenvalue weighted by atomic mass is 127. The van der Waals surface area contributed by atoms with Crippen LogP contribution in [-0.4, -0.2) is 22.7 Å². The first-order chi connectivity index (χ1) is 10.6. The van der Waals surface area contributed by atoms with E-state index in [1.54, 1.807) is 12.3 Å². The van der Waals surface area contributed by atoms with Crippen LogP contribution in [0.25, 0.3) is 0 Å². The first-order valence-corrected chi connectivity index (χ1v) is 7.83. The summed E-state index contributed by atoms with van der Waals surface area (Å²) < 4.78 is 0. The van der Waals surface area contributed by atoms with Gasteiger partial charge in [-0.1, -0.05) is 29.3 Å². The van der Waals surface area contributed by atoms with Gasteiger partial charge >= 0.3 is 0 Å². The van der Waals surface area contributed by atoms with Gasteiger partial charge in [-0.3, -0.25) is 5.10 Å². The third-order valence-electron chi connectivity index (χ3n) is 3.09. The Balaban J connectivity index is 0.00000264. The van der Waals surface area contributed by atoms with Crippen LogP contribution in [0.3, 0.4) is 0 Å². The first kappa shape index (κ1) is 20.1. The van der Waals surface area contributed by atoms with Crippen molar-refractivity contribution in [1.82, 2.24) is 20.8 Å². The Morgan fingerprint density at radius 2 is 2.13 bits per heavy atom. The summed E-state index contributed by atoms with van der Waals surface area (Å²) in [5.41, 5.74) is 1.92. The van der Waals surface area contributed by atoms with Gasteiger partial charge in [0.15, 0.2) is 5.96 Å². The number of rotatable bonds is 5. The number of aromatic nitrogens is 2. The van der Waals surface area contributed by atoms with E-state index in [0.717, 1.165) is 23.8 Å². The Labute approximate surface area is 163 Å². The molecule has 0 radical (unpaired) electrons. The molecule has 0 aliphatic rings. The van der Waals surface area contributed by atoms with Crippen molar-refractivity contribution in [3.8, 4) is 0 Å². The number of benzene rings is 1. The standard InChI is InChI=1S/C15H19Cl2N5.HI/c1-3-18-15(19-9-12-6-7-20-22-12)21-10(2)13-5-4-11(16)8-14(13)17;/h4-8,10H,3,9H2,1-2H3,(H,20,22)(H2,18,19,21);1H. The fourth-order valence-electron chi connectivity index (χ4n) is 1.99. The lowest BCUT2D eigenvalue weighted by atomic mass is 10.1. The van der Waals surface area contributed by atoms with Crippen molar-refractivity contribution in [3.05, 3.63) is 51.8 Å². The van der Waals surface area contributed by atoms with Crippen LogP contribution < -0.4 is 10.6 Å². The second-order valence-corrected chi connectivity index (χ2v) is 5.65. The molecule has 5 nitrogen and oxygen atoms in total. The van der Waals surface area contributed by atoms with E-state index < -0.39 is 0 Å². The zero-order chi connectivity index (χ0) is 15.9. The number of hydrogen-bond donors (Lipinski definition) is 3. The number of hydrogen-bond acceptors (Lipinski definition) is 2. The van der Waals surface area contributed by atoms with E-state index in [0.29, 0.717) is 16.6 Å². The van der Waals surface area contributed by atoms with Gasteiger partial charge in [0.05, 0.1) is 18.3 Å². The van der Waals surface area contributed by atoms with Gasteiger partial charge in [-0.2, -0.15) is 5.10 Å². The van der Waals surface area contributed by atoms with Crippen molar-refractivity contribution < 1.29 is 0 Å². The predicted octanol–water partition coefficient (Wildman–Crippen LogP) is 4.15. The molecule has 0 fully saturated rings. The zero-order valence-corrected chi connectivity index (χ0v) is 16.8. The molecule has 23 heavy (non-hydrogen) atoms. The maximum Gasteiger partial charge on any atom is 0.192 e. The summed E-state index contributed by atoms with van der Waals surface area (Å²) in [6.07, 6.45) is 1.71. The van der Waals surface area contributed by atoms with Crippen LogP contribution in [0.15, 0.2) is 35.5 Å². The minimum atomic E-state index is 0. The molecule has 0 saturated heterocycles. The van der Waals surface area contributed by atoms with Gasteiger partial charge in [0, 0.05) is 22.8 Å². The molecule has 0 saturated carbocycles. The van der Waals surface area contributed by atoms with Crippen LogP contribution in [0.2, 0.25) is 10.0 Å². The molecule has 0 amide bonds. The molecule has 0 spiro atoms. The van der Waals surface area contributed by atoms with Crippen LogP contribution in [-0.2, 0) is 6.54 Å². The average molecular weight is 468 g/mol. The lowest BCUT2D eigenvalue weighted by molar-refractivity contribution is 0.686. The fraction of sp³-hybridized carbons (Fsp3) is 0.333. The quantitative estimate of drug-likeness (QED) is 0.351. The van der Waals surface area contributed by atoms with Crippen LogP contribution in [0.5, 0.6) is 0 Å². The second kappa shape index (κ2) is 10.00. The zero-order valence-electron chi connectivity index (χ0n) is 12.9. The molecule has 0 aliphatic heterocycles. The maximum absolute atomic E-state index is 6.25. The molecule has 1 aromatic heterocycles. The minimum absolute atomic E-state index is 0. The predicted molar refractivity (Wildman–Crippen MR) is 107 cm³/mol. The van der Waals surface area contributed by atoms with Gasteiger partial charge in [-0.15, -0.1) is 24.0 Å². The molecular formula is C15H20Cl2IN5. The van der Waals surface area contributed by atoms with Crippen molar-refractivity contribution >= 4 is 53.1 Å². The summed E-state index contributed by atoms with van der Waals surface area (Å²) in [5, 5.41) is 14.6. The molecule has 0 bridgehead atoms. The Kier molecular flexibility index (Phi) is 8.72. The van der Waals surface area contributed by atoms with Crippen molar-refractivity contribution in [2.45, 2.75) is 26.4 Å². The van der Waals surface area contributed by atoms with E-state index in [1.807, 2.05) is 32.0 Å². The van der Waals surface area contributed by atoms with E-state index in [-0.39, 0.29) is 30.0 Å². The average Bonchev–Trinajstić information content (AvgIpc) is 2.98. The molecule has 0 aliphatic carbocycles. The lowest BCUT2D eigenvalue weighted by Gasteiger charge is -2.19. The normalized spacial score (nSPS) is 12.4. The number of nitrogens with one attached hydrogen (secondary N) is 3. The van der Waals surface area contributed by atoms with Gasteiger partial charge < -0.3 is 10.6 Å². The van der Waals surface area contributed by atoms with Gasteiger partial charge in [-0.05, 0) is 37.6 Å². The van der Waals surface area contributed by atoms with Crippen LogP contribution in [0.4, 0.5) is 0 Å². The first-order valence-electron chi connectivity index (χ1n) is 7.08. The lowest BCUT2D eigenvalue weighted by Crippen LogP contribution is -2.38. The third kappa shape index (κ3) is 6.19. The number of halogens is 3. The highest BCUT2D eigenvalue weighted by molar-refractivity contribution is 14.0. The summed E-state index contributed by atoms with van der Waals surface area (Å²) in [4.78, 5) is 4.52. The number of aliphatic imine (C=N–C) groups is 1. The molecule has 1 atom stereocenters. The smallest absolute Gasteiger partial charge is 0.192 e. The Hall–Kier alpha value is -0.990. The molecule has 1 aromatic carbocycles. The maximum atomic E-state index is 6.25. The molecule has 1 heterocycles. The molecule has 126 valence electrons. The minimum Gasteiger partial charge on any atom is -0.357 e. The second-order valence-electron chi connectivity index (χ2n) is 4.81. The van der Waals surface area contributed by atoms with Crippen molar-refractivity contribution in [1.29, 1.82) is 0 Å². The third-order valence-corrected chi connectivity index (χ3v) is 3.65. The summed E-state index contributed by atoms with van der Waals surface area (Å²) in [5.74, 6) is 0.718. The number of guanidine groups is 1. The molecule has 8 heteroatoms. The van der Waals surface area contributed by atoms with E-state index in [2.05, 4.69) is 25.8 Å². The summed E-state index contributed by atoms with van der Waals surface area (Å²) in [7, 11) is 0. The van der Waals surface area contributed by atoms with E-state index in [1.165, 1.54) is 0 Å². The highest BCUT2D eigenvalue weighted by Crippen LogP contribution is 2.25. The Morgan fingerprint density at radius 1 is 1.35 bits per heavy atom. The highest BCUT2D eigenvalue weighted by Gasteiger charge is 2.11. The summed E-state index contributed by atoms with van der Waals surface area (Å²) in [6.45, 7) is 5.35. The largest absolute Gasteiger partial charge is 0.357 e. The fourth-order valence-corrected chi connectivity index (χ4v) is 2.56. The van der Waals surface area contributed by atoms with Crippen molar-refractivity contribution in [2.75, 3.05) is 6.54 Å². The van der Waals surface area contributed by atoms with Crippen LogP contribution in [0, 0.1) is 0 Å². The molecule has 1 unspecified atom stereocenters. The molecule has 2 aromatic rings.